The van der Waals surface area contributed by atoms with Gasteiger partial charge in [-0.3, -0.25) is 0 Å². The van der Waals surface area contributed by atoms with Gasteiger partial charge in [0.2, 0.25) is 0 Å². The fraction of sp³-hybridized carbons (Fsp3) is 0.500. The molecule has 0 aromatic carbocycles. The molecule has 0 aliphatic carbocycles. The van der Waals surface area contributed by atoms with E-state index in [-0.39, 0.29) is 48.3 Å². The molecule has 0 atom stereocenters. The number of hydrogen-bond acceptors (Lipinski definition) is 3. The molecule has 1 N–H and O–H groups in total. The Hall–Kier alpha value is 0.911. The minimum Gasteiger partial charge on any atom is -1.00 e. The quantitative estimate of drug-likeness (QED) is 0.309. The molecule has 0 bridgehead atoms. The molecule has 0 saturated carbocycles. The third-order valence-corrected chi connectivity index (χ3v) is 0.129. The van der Waals surface area contributed by atoms with Crippen LogP contribution in [0.3, 0.4) is 0 Å². The van der Waals surface area contributed by atoms with Gasteiger partial charge in [0.1, 0.15) is 0 Å². The van der Waals surface area contributed by atoms with E-state index in [1.165, 1.54) is 0 Å². The van der Waals surface area contributed by atoms with Crippen molar-refractivity contribution in [3.63, 3.8) is 0 Å². The summed E-state index contributed by atoms with van der Waals surface area (Å²) in [5.74, 6) is -0.690. The van der Waals surface area contributed by atoms with Crippen LogP contribution in [-0.2, 0) is 9.68 Å². The second-order valence-corrected chi connectivity index (χ2v) is 0.583. The van der Waals surface area contributed by atoms with Crippen molar-refractivity contribution in [1.82, 2.24) is 0 Å². The summed E-state index contributed by atoms with van der Waals surface area (Å²) in [6.07, 6.45) is 0. The zero-order valence-electron chi connectivity index (χ0n) is 5.47. The smallest absolute Gasteiger partial charge is 1.00 e. The average Bonchev–Trinajstić information content (AvgIpc) is 1.38. The molecule has 0 aliphatic heterocycles. The van der Waals surface area contributed by atoms with Crippen molar-refractivity contribution in [3.05, 3.63) is 0 Å². The van der Waals surface area contributed by atoms with Crippen LogP contribution in [0.15, 0.2) is 0 Å². The largest absolute Gasteiger partial charge is 2.00 e. The SMILES string of the molecule is CC(=O)OO.[H-].[H-].[Sr+2]. The Morgan fingerprint density at radius 2 is 2.17 bits per heavy atom. The van der Waals surface area contributed by atoms with Gasteiger partial charge in [0.05, 0.1) is 0 Å². The van der Waals surface area contributed by atoms with Gasteiger partial charge in [-0.15, -0.1) is 0 Å². The third-order valence-electron chi connectivity index (χ3n) is 0.129. The Kier molecular flexibility index (Phi) is 9.86. The summed E-state index contributed by atoms with van der Waals surface area (Å²) in [6, 6.07) is 0. The van der Waals surface area contributed by atoms with E-state index in [0.29, 0.717) is 0 Å². The fourth-order valence-electron chi connectivity index (χ4n) is 0. The number of carbonyl (C=O) groups is 1. The molecule has 0 unspecified atom stereocenters. The standard InChI is InChI=1S/C2H4O3.Sr.2H/c1-2(3)5-4;;;/h4H,1H3;;;/q;+2;2*-1. The van der Waals surface area contributed by atoms with E-state index in [4.69, 9.17) is 5.26 Å². The van der Waals surface area contributed by atoms with E-state index in [1.807, 2.05) is 0 Å². The van der Waals surface area contributed by atoms with Gasteiger partial charge in [-0.1, -0.05) is 0 Å². The minimum absolute atomic E-state index is 0. The molecule has 0 saturated heterocycles. The zero-order valence-corrected chi connectivity index (χ0v) is 6.95. The molecule has 0 spiro atoms. The molecule has 0 rings (SSSR count). The maximum Gasteiger partial charge on any atom is 2.00 e. The van der Waals surface area contributed by atoms with Crippen LogP contribution >= 0.6 is 0 Å². The molecule has 0 heterocycles. The zero-order chi connectivity index (χ0) is 4.28. The Morgan fingerprint density at radius 3 is 2.17 bits per heavy atom. The molecular weight excluding hydrogens is 160 g/mol. The van der Waals surface area contributed by atoms with Crippen LogP contribution in [0.4, 0.5) is 0 Å². The molecule has 0 aromatic heterocycles. The van der Waals surface area contributed by atoms with Gasteiger partial charge in [-0.2, -0.15) is 5.26 Å². The first-order valence-electron chi connectivity index (χ1n) is 1.09. The number of hydrogen-bond donors (Lipinski definition) is 1. The van der Waals surface area contributed by atoms with E-state index in [9.17, 15) is 4.79 Å². The average molecular weight is 166 g/mol. The van der Waals surface area contributed by atoms with Crippen molar-refractivity contribution in [2.24, 2.45) is 0 Å². The van der Waals surface area contributed by atoms with Gasteiger partial charge in [0.25, 0.3) is 0 Å². The van der Waals surface area contributed by atoms with E-state index in [1.54, 1.807) is 0 Å². The van der Waals surface area contributed by atoms with E-state index in [0.717, 1.165) is 6.92 Å². The van der Waals surface area contributed by atoms with Crippen LogP contribution < -0.4 is 0 Å². The second kappa shape index (κ2) is 5.91. The summed E-state index contributed by atoms with van der Waals surface area (Å²) < 4.78 is 0. The fourth-order valence-corrected chi connectivity index (χ4v) is 0. The molecule has 0 fully saturated rings. The molecule has 0 aliphatic rings. The Morgan fingerprint density at radius 1 is 2.00 bits per heavy atom. The second-order valence-electron chi connectivity index (χ2n) is 0.583. The molecule has 34 valence electrons. The molecule has 4 heteroatoms. The molecule has 6 heavy (non-hydrogen) atoms. The maximum absolute atomic E-state index is 9.34. The molecule has 0 amide bonds. The summed E-state index contributed by atoms with van der Waals surface area (Å²) in [6.45, 7) is 1.11. The summed E-state index contributed by atoms with van der Waals surface area (Å²) in [4.78, 5) is 12.5. The van der Waals surface area contributed by atoms with Crippen molar-refractivity contribution >= 4 is 51.5 Å². The van der Waals surface area contributed by atoms with E-state index in [2.05, 4.69) is 4.89 Å². The summed E-state index contributed by atoms with van der Waals surface area (Å²) in [7, 11) is 0. The van der Waals surface area contributed by atoms with E-state index < -0.39 is 5.97 Å². The van der Waals surface area contributed by atoms with Gasteiger partial charge in [0, 0.05) is 6.92 Å². The van der Waals surface area contributed by atoms with Crippen LogP contribution in [0.5, 0.6) is 0 Å². The Bertz CT molecular complexity index is 50.5. The van der Waals surface area contributed by atoms with Gasteiger partial charge < -0.3 is 7.74 Å². The summed E-state index contributed by atoms with van der Waals surface area (Å²) in [5.41, 5.74) is 0. The van der Waals surface area contributed by atoms with Crippen molar-refractivity contribution in [2.45, 2.75) is 6.92 Å². The normalized spacial score (nSPS) is 5.67. The van der Waals surface area contributed by atoms with Crippen LogP contribution in [0.25, 0.3) is 0 Å². The number of rotatable bonds is 0. The topological polar surface area (TPSA) is 46.5 Å². The van der Waals surface area contributed by atoms with Gasteiger partial charge in [-0.25, -0.2) is 4.79 Å². The van der Waals surface area contributed by atoms with Crippen molar-refractivity contribution in [3.8, 4) is 0 Å². The first-order valence-corrected chi connectivity index (χ1v) is 1.09. The predicted octanol–water partition coefficient (Wildman–Crippen LogP) is -0.133. The van der Waals surface area contributed by atoms with Gasteiger partial charge >= 0.3 is 51.5 Å². The first kappa shape index (κ1) is 10.0. The van der Waals surface area contributed by atoms with Crippen LogP contribution in [0, 0.1) is 0 Å². The van der Waals surface area contributed by atoms with Crippen molar-refractivity contribution in [2.75, 3.05) is 0 Å². The first-order chi connectivity index (χ1) is 2.27. The van der Waals surface area contributed by atoms with Crippen molar-refractivity contribution < 1.29 is 17.8 Å². The maximum atomic E-state index is 9.34. The van der Waals surface area contributed by atoms with Crippen LogP contribution in [0.2, 0.25) is 0 Å². The monoisotopic (exact) mass is 166 g/mol. The van der Waals surface area contributed by atoms with Crippen molar-refractivity contribution in [1.29, 1.82) is 0 Å². The van der Waals surface area contributed by atoms with Crippen LogP contribution in [0.1, 0.15) is 9.78 Å². The summed E-state index contributed by atoms with van der Waals surface area (Å²) in [5, 5.41) is 7.29. The molecule has 0 radical (unpaired) electrons. The Balaban J connectivity index is -0.0000000267. The summed E-state index contributed by atoms with van der Waals surface area (Å²) >= 11 is 0. The van der Waals surface area contributed by atoms with E-state index >= 15 is 0 Å². The molecule has 0 aromatic rings. The van der Waals surface area contributed by atoms with Crippen LogP contribution in [-0.4, -0.2) is 56.7 Å². The minimum atomic E-state index is -0.690. The molecular formula is C2H6O3Sr. The Labute approximate surface area is 75.5 Å². The van der Waals surface area contributed by atoms with Gasteiger partial charge in [0.15, 0.2) is 0 Å². The predicted molar refractivity (Wildman–Crippen MR) is 22.4 cm³/mol. The molecule has 3 nitrogen and oxygen atoms in total. The van der Waals surface area contributed by atoms with Gasteiger partial charge in [-0.05, 0) is 0 Å². The number of carbonyl (C=O) groups excluding carboxylic acids is 1. The third kappa shape index (κ3) is 8.86.